The lowest BCUT2D eigenvalue weighted by molar-refractivity contribution is -0.117. The fourth-order valence-corrected chi connectivity index (χ4v) is 2.43. The van der Waals surface area contributed by atoms with E-state index in [2.05, 4.69) is 20.8 Å². The summed E-state index contributed by atoms with van der Waals surface area (Å²) in [6, 6.07) is 4.98. The molecule has 140 valence electrons. The van der Waals surface area contributed by atoms with E-state index >= 15 is 0 Å². The molecule has 3 amide bonds. The van der Waals surface area contributed by atoms with Crippen LogP contribution in [0.2, 0.25) is 0 Å². The minimum atomic E-state index is -0.542. The van der Waals surface area contributed by atoms with Crippen LogP contribution in [0, 0.1) is 5.82 Å². The van der Waals surface area contributed by atoms with Crippen LogP contribution < -0.4 is 21.2 Å². The van der Waals surface area contributed by atoms with Gasteiger partial charge in [0.1, 0.15) is 18.2 Å². The van der Waals surface area contributed by atoms with Crippen molar-refractivity contribution in [3.05, 3.63) is 35.9 Å². The molecule has 11 heteroatoms. The van der Waals surface area contributed by atoms with Crippen LogP contribution in [0.5, 0.6) is 5.75 Å². The van der Waals surface area contributed by atoms with E-state index in [0.717, 1.165) is 18.2 Å². The normalized spacial score (nSPS) is 10.4. The molecule has 0 aliphatic carbocycles. The van der Waals surface area contributed by atoms with Gasteiger partial charge in [-0.25, -0.2) is 13.9 Å². The largest absolute Gasteiger partial charge is 0.486 e. The second-order valence-corrected chi connectivity index (χ2v) is 6.05. The van der Waals surface area contributed by atoms with Crippen LogP contribution in [-0.4, -0.2) is 39.1 Å². The second kappa shape index (κ2) is 9.61. The smallest absolute Gasteiger partial charge is 0.321 e. The van der Waals surface area contributed by atoms with Crippen LogP contribution >= 0.6 is 11.8 Å². The Bertz CT molecular complexity index is 752. The van der Waals surface area contributed by atoms with Crippen LogP contribution in [0.4, 0.5) is 9.18 Å². The van der Waals surface area contributed by atoms with Gasteiger partial charge in [0, 0.05) is 6.54 Å². The van der Waals surface area contributed by atoms with Gasteiger partial charge < -0.3 is 15.9 Å². The minimum absolute atomic E-state index is 0.0291. The Morgan fingerprint density at radius 1 is 1.31 bits per heavy atom. The molecule has 1 aromatic heterocycles. The molecule has 1 aromatic carbocycles. The molecule has 0 aliphatic heterocycles. The summed E-state index contributed by atoms with van der Waals surface area (Å²) in [6.07, 6.45) is 0.773. The molecule has 9 nitrogen and oxygen atoms in total. The maximum absolute atomic E-state index is 12.8. The standard InChI is InChI=1S/C15H19FN6O3S/c1-2-7-18-14(24)19-13(23)9-26-15-21-20-12(22(15)17)8-25-11-5-3-10(16)4-6-11/h3-6H,2,7-9,17H2,1H3,(H2,18,19,23,24). The van der Waals surface area contributed by atoms with Crippen LogP contribution in [0.15, 0.2) is 29.4 Å². The second-order valence-electron chi connectivity index (χ2n) is 5.10. The average molecular weight is 382 g/mol. The van der Waals surface area contributed by atoms with Gasteiger partial charge in [0.05, 0.1) is 5.75 Å². The van der Waals surface area contributed by atoms with Crippen molar-refractivity contribution in [3.8, 4) is 5.75 Å². The number of urea groups is 1. The van der Waals surface area contributed by atoms with Crippen LogP contribution in [0.3, 0.4) is 0 Å². The first-order chi connectivity index (χ1) is 12.5. The van der Waals surface area contributed by atoms with Gasteiger partial charge in [-0.15, -0.1) is 10.2 Å². The molecule has 26 heavy (non-hydrogen) atoms. The topological polar surface area (TPSA) is 124 Å². The highest BCUT2D eigenvalue weighted by Crippen LogP contribution is 2.16. The number of benzene rings is 1. The summed E-state index contributed by atoms with van der Waals surface area (Å²) in [5, 5.41) is 12.8. The number of imide groups is 1. The molecule has 2 rings (SSSR count). The Hall–Kier alpha value is -2.82. The van der Waals surface area contributed by atoms with E-state index in [4.69, 9.17) is 10.6 Å². The Labute approximate surface area is 153 Å². The van der Waals surface area contributed by atoms with Crippen molar-refractivity contribution < 1.29 is 18.7 Å². The van der Waals surface area contributed by atoms with Gasteiger partial charge in [-0.3, -0.25) is 10.1 Å². The maximum atomic E-state index is 12.8. The summed E-state index contributed by atoms with van der Waals surface area (Å²) in [5.41, 5.74) is 0. The number of ether oxygens (including phenoxy) is 1. The number of halogens is 1. The summed E-state index contributed by atoms with van der Waals surface area (Å²) in [4.78, 5) is 23.1. The van der Waals surface area contributed by atoms with Crippen molar-refractivity contribution in [2.75, 3.05) is 18.1 Å². The van der Waals surface area contributed by atoms with Crippen LogP contribution in [0.25, 0.3) is 0 Å². The Morgan fingerprint density at radius 3 is 2.73 bits per heavy atom. The van der Waals surface area contributed by atoms with E-state index in [0.29, 0.717) is 23.3 Å². The Balaban J connectivity index is 1.81. The fourth-order valence-electron chi connectivity index (χ4n) is 1.76. The van der Waals surface area contributed by atoms with Gasteiger partial charge in [-0.1, -0.05) is 18.7 Å². The monoisotopic (exact) mass is 382 g/mol. The number of hydrogen-bond acceptors (Lipinski definition) is 7. The van der Waals surface area contributed by atoms with E-state index in [1.165, 1.54) is 28.9 Å². The van der Waals surface area contributed by atoms with Gasteiger partial charge in [0.2, 0.25) is 11.1 Å². The van der Waals surface area contributed by atoms with Crippen LogP contribution in [0.1, 0.15) is 19.2 Å². The molecule has 0 saturated carbocycles. The van der Waals surface area contributed by atoms with Crippen molar-refractivity contribution in [2.24, 2.45) is 0 Å². The molecule has 2 aromatic rings. The van der Waals surface area contributed by atoms with Crippen molar-refractivity contribution in [1.82, 2.24) is 25.5 Å². The van der Waals surface area contributed by atoms with Gasteiger partial charge in [0.15, 0.2) is 5.82 Å². The summed E-state index contributed by atoms with van der Waals surface area (Å²) < 4.78 is 19.5. The van der Waals surface area contributed by atoms with E-state index in [-0.39, 0.29) is 18.2 Å². The number of carbonyl (C=O) groups is 2. The van der Waals surface area contributed by atoms with Gasteiger partial charge in [-0.05, 0) is 30.7 Å². The van der Waals surface area contributed by atoms with Gasteiger partial charge >= 0.3 is 6.03 Å². The first-order valence-corrected chi connectivity index (χ1v) is 8.76. The average Bonchev–Trinajstić information content (AvgIpc) is 2.97. The molecule has 0 spiro atoms. The minimum Gasteiger partial charge on any atom is -0.486 e. The number of hydrogen-bond donors (Lipinski definition) is 3. The molecule has 0 unspecified atom stereocenters. The number of aromatic nitrogens is 3. The van der Waals surface area contributed by atoms with Gasteiger partial charge in [0.25, 0.3) is 0 Å². The van der Waals surface area contributed by atoms with Crippen molar-refractivity contribution in [3.63, 3.8) is 0 Å². The quantitative estimate of drug-likeness (QED) is 0.460. The zero-order valence-electron chi connectivity index (χ0n) is 14.1. The summed E-state index contributed by atoms with van der Waals surface area (Å²) in [7, 11) is 0. The SMILES string of the molecule is CCCNC(=O)NC(=O)CSc1nnc(COc2ccc(F)cc2)n1N. The third kappa shape index (κ3) is 5.92. The number of nitrogen functional groups attached to an aromatic ring is 1. The predicted molar refractivity (Wildman–Crippen MR) is 93.5 cm³/mol. The summed E-state index contributed by atoms with van der Waals surface area (Å²) in [6.45, 7) is 2.42. The molecule has 0 radical (unpaired) electrons. The molecule has 0 bridgehead atoms. The number of amides is 3. The number of nitrogens with zero attached hydrogens (tertiary/aromatic N) is 3. The molecule has 1 heterocycles. The molecule has 0 atom stereocenters. The summed E-state index contributed by atoms with van der Waals surface area (Å²) >= 11 is 1.03. The van der Waals surface area contributed by atoms with Crippen molar-refractivity contribution in [2.45, 2.75) is 25.1 Å². The first-order valence-electron chi connectivity index (χ1n) is 7.77. The molecular formula is C15H19FN6O3S. The van der Waals surface area contributed by atoms with Crippen LogP contribution in [-0.2, 0) is 11.4 Å². The Kier molecular flexibility index (Phi) is 7.21. The Morgan fingerprint density at radius 2 is 2.04 bits per heavy atom. The van der Waals surface area contributed by atoms with E-state index in [1.54, 1.807) is 0 Å². The van der Waals surface area contributed by atoms with Gasteiger partial charge in [-0.2, -0.15) is 0 Å². The van der Waals surface area contributed by atoms with Crippen molar-refractivity contribution >= 4 is 23.7 Å². The summed E-state index contributed by atoms with van der Waals surface area (Å²) in [5.74, 6) is 5.77. The molecule has 0 aliphatic rings. The molecular weight excluding hydrogens is 363 g/mol. The zero-order chi connectivity index (χ0) is 18.9. The van der Waals surface area contributed by atoms with Crippen molar-refractivity contribution in [1.29, 1.82) is 0 Å². The number of nitrogens with two attached hydrogens (primary N) is 1. The third-order valence-corrected chi connectivity index (χ3v) is 3.98. The fraction of sp³-hybridized carbons (Fsp3) is 0.333. The highest BCUT2D eigenvalue weighted by molar-refractivity contribution is 7.99. The number of rotatable bonds is 8. The molecule has 4 N–H and O–H groups in total. The lowest BCUT2D eigenvalue weighted by atomic mass is 10.3. The number of nitrogens with one attached hydrogen (secondary N) is 2. The number of thioether (sulfide) groups is 1. The molecule has 0 fully saturated rings. The number of carbonyl (C=O) groups excluding carboxylic acids is 2. The maximum Gasteiger partial charge on any atom is 0.321 e. The highest BCUT2D eigenvalue weighted by atomic mass is 32.2. The zero-order valence-corrected chi connectivity index (χ0v) is 14.9. The van der Waals surface area contributed by atoms with E-state index < -0.39 is 11.9 Å². The third-order valence-electron chi connectivity index (χ3n) is 3.04. The first kappa shape index (κ1) is 19.5. The predicted octanol–water partition coefficient (Wildman–Crippen LogP) is 1.04. The lowest BCUT2D eigenvalue weighted by Gasteiger charge is -2.07. The lowest BCUT2D eigenvalue weighted by Crippen LogP contribution is -2.40. The van der Waals surface area contributed by atoms with E-state index in [9.17, 15) is 14.0 Å². The van der Waals surface area contributed by atoms with E-state index in [1.807, 2.05) is 6.92 Å². The molecule has 0 saturated heterocycles. The highest BCUT2D eigenvalue weighted by Gasteiger charge is 2.14.